The molecule has 2 heterocycles. The maximum atomic E-state index is 14.4. The van der Waals surface area contributed by atoms with Crippen LogP contribution in [0.1, 0.15) is 119 Å². The monoisotopic (exact) mass is 1050 g/mol. The average Bonchev–Trinajstić information content (AvgIpc) is 4.05. The van der Waals surface area contributed by atoms with Gasteiger partial charge in [-0.05, 0) is 94.1 Å². The first kappa shape index (κ1) is 63.1. The van der Waals surface area contributed by atoms with E-state index in [1.165, 1.54) is 16.7 Å². The summed E-state index contributed by atoms with van der Waals surface area (Å²) in [6, 6.07) is -1.41. The third kappa shape index (κ3) is 19.5. The molecule has 0 radical (unpaired) electrons. The number of amides is 8. The largest absolute Gasteiger partial charge is 0.480 e. The smallest absolute Gasteiger partial charge is 0.326 e. The zero-order valence-corrected chi connectivity index (χ0v) is 45.3. The second-order valence-corrected chi connectivity index (χ2v) is 21.3. The van der Waals surface area contributed by atoms with E-state index in [-0.39, 0.29) is 76.0 Å². The van der Waals surface area contributed by atoms with E-state index in [0.29, 0.717) is 25.7 Å². The van der Waals surface area contributed by atoms with Gasteiger partial charge >= 0.3 is 5.97 Å². The first-order valence-corrected chi connectivity index (χ1v) is 26.4. The number of carboxylic acid groups (broad SMARTS) is 1. The number of nitrogens with zero attached hydrogens (tertiary/aromatic N) is 2. The Balaban J connectivity index is 1.84. The molecule has 14 N–H and O–H groups in total. The summed E-state index contributed by atoms with van der Waals surface area (Å²) in [5.41, 5.74) is 12.6. The van der Waals surface area contributed by atoms with Crippen LogP contribution in [0.25, 0.3) is 0 Å². The van der Waals surface area contributed by atoms with Crippen molar-refractivity contribution < 1.29 is 53.4 Å². The molecule has 1 aromatic carbocycles. The van der Waals surface area contributed by atoms with Crippen molar-refractivity contribution in [3.05, 3.63) is 35.9 Å². The number of carbonyl (C=O) groups excluding carboxylic acids is 8. The lowest BCUT2D eigenvalue weighted by Crippen LogP contribution is -2.62. The molecule has 75 heavy (non-hydrogen) atoms. The van der Waals surface area contributed by atoms with E-state index >= 15 is 0 Å². The van der Waals surface area contributed by atoms with E-state index in [0.717, 1.165) is 5.56 Å². The molecule has 2 fully saturated rings. The highest BCUT2D eigenvalue weighted by molar-refractivity contribution is 5.98. The molecule has 2 aliphatic rings. The Morgan fingerprint density at radius 1 is 0.680 bits per heavy atom. The number of aliphatic hydroxyl groups is 1. The standard InChI is InChI=1S/C52H86N12O11/c1-10-31(8)42(61-46(68)36(24-28(2)3)58-44(66)34(53)26-33-16-12-11-13-17-33)49(71)57-35(20-21-56-27-40(54)55)45(67)59-37(25-29(4)5)47(69)62-43(32(9)65)51(73)64-23-15-19-39(64)50(72)63-22-14-18-38(63)48(70)60-41(30(6)7)52(74)75/h11-13,16-17,28-32,34-39,41-43,56,65H,10,14-15,18-27,53H2,1-9H3,(H3,54,55)(H,57,71)(H,58,66)(H,59,67)(H,60,70)(H,61,68)(H,62,69)(H,74,75). The van der Waals surface area contributed by atoms with Gasteiger partial charge in [0, 0.05) is 13.1 Å². The van der Waals surface area contributed by atoms with Gasteiger partial charge in [0.05, 0.1) is 18.7 Å². The van der Waals surface area contributed by atoms with Gasteiger partial charge in [0.15, 0.2) is 0 Å². The van der Waals surface area contributed by atoms with Crippen LogP contribution >= 0.6 is 0 Å². The molecule has 0 aromatic heterocycles. The Kier molecular flexibility index (Phi) is 25.6. The van der Waals surface area contributed by atoms with Gasteiger partial charge in [0.1, 0.15) is 54.2 Å². The number of likely N-dealkylation sites (tertiary alicyclic amines) is 2. The summed E-state index contributed by atoms with van der Waals surface area (Å²) >= 11 is 0. The van der Waals surface area contributed by atoms with Gasteiger partial charge in [0.25, 0.3) is 0 Å². The SMILES string of the molecule is CCC(C)C(NC(=O)C(CC(C)C)NC(=O)C(N)Cc1ccccc1)C(=O)NC(CCNCC(=N)N)C(=O)NC(CC(C)C)C(=O)NC(C(=O)N1CCCC1C(=O)N1CCCC1C(=O)NC(C(=O)O)C(C)C)C(C)O. The van der Waals surface area contributed by atoms with E-state index in [4.69, 9.17) is 16.9 Å². The predicted molar refractivity (Wildman–Crippen MR) is 281 cm³/mol. The van der Waals surface area contributed by atoms with Crippen LogP contribution in [0.4, 0.5) is 0 Å². The molecule has 0 spiro atoms. The normalized spacial score (nSPS) is 19.2. The van der Waals surface area contributed by atoms with E-state index < -0.39 is 126 Å². The maximum Gasteiger partial charge on any atom is 0.326 e. The Hall–Kier alpha value is -6.20. The van der Waals surface area contributed by atoms with Gasteiger partial charge in [-0.2, -0.15) is 0 Å². The fraction of sp³-hybridized carbons (Fsp3) is 0.692. The first-order chi connectivity index (χ1) is 35.3. The molecule has 11 atom stereocenters. The van der Waals surface area contributed by atoms with Gasteiger partial charge in [0.2, 0.25) is 47.3 Å². The summed E-state index contributed by atoms with van der Waals surface area (Å²) in [6.07, 6.45) is 0.792. The molecular weight excluding hydrogens is 969 g/mol. The molecule has 0 bridgehead atoms. The number of aliphatic carboxylic acids is 1. The summed E-state index contributed by atoms with van der Waals surface area (Å²) in [5, 5.41) is 47.4. The predicted octanol–water partition coefficient (Wildman–Crippen LogP) is -0.377. The Bertz CT molecular complexity index is 2130. The van der Waals surface area contributed by atoms with Crippen molar-refractivity contribution in [1.82, 2.24) is 47.0 Å². The lowest BCUT2D eigenvalue weighted by atomic mass is 9.96. The summed E-state index contributed by atoms with van der Waals surface area (Å²) in [5.74, 6) is -7.96. The van der Waals surface area contributed by atoms with Gasteiger partial charge in [-0.15, -0.1) is 0 Å². The van der Waals surface area contributed by atoms with E-state index in [9.17, 15) is 53.4 Å². The van der Waals surface area contributed by atoms with E-state index in [1.807, 2.05) is 51.1 Å². The Morgan fingerprint density at radius 3 is 1.72 bits per heavy atom. The van der Waals surface area contributed by atoms with Gasteiger partial charge in [-0.1, -0.05) is 92.1 Å². The number of benzene rings is 1. The molecule has 11 unspecified atom stereocenters. The Labute approximate surface area is 441 Å². The highest BCUT2D eigenvalue weighted by atomic mass is 16.4. The molecule has 1 aromatic rings. The third-order valence-corrected chi connectivity index (χ3v) is 13.6. The molecule has 0 aliphatic carbocycles. The molecule has 23 nitrogen and oxygen atoms in total. The second kappa shape index (κ2) is 30.4. The summed E-state index contributed by atoms with van der Waals surface area (Å²) in [6.45, 7) is 15.9. The van der Waals surface area contributed by atoms with Gasteiger partial charge < -0.3 is 68.7 Å². The lowest BCUT2D eigenvalue weighted by molar-refractivity contribution is -0.150. The van der Waals surface area contributed by atoms with Crippen LogP contribution in [0.5, 0.6) is 0 Å². The van der Waals surface area contributed by atoms with Crippen LogP contribution < -0.4 is 48.7 Å². The molecule has 420 valence electrons. The van der Waals surface area contributed by atoms with Crippen LogP contribution in [0.2, 0.25) is 0 Å². The summed E-state index contributed by atoms with van der Waals surface area (Å²) in [7, 11) is 0. The first-order valence-electron chi connectivity index (χ1n) is 26.4. The third-order valence-electron chi connectivity index (χ3n) is 13.6. The van der Waals surface area contributed by atoms with Crippen LogP contribution in [-0.2, 0) is 49.6 Å². The van der Waals surface area contributed by atoms with Crippen molar-refractivity contribution >= 4 is 59.1 Å². The Morgan fingerprint density at radius 2 is 1.20 bits per heavy atom. The zero-order chi connectivity index (χ0) is 56.3. The van der Waals surface area contributed by atoms with Crippen molar-refractivity contribution in [1.29, 1.82) is 5.41 Å². The number of carboxylic acids is 1. The van der Waals surface area contributed by atoms with Gasteiger partial charge in [-0.3, -0.25) is 43.8 Å². The molecule has 3 rings (SSSR count). The molecule has 2 saturated heterocycles. The molecule has 0 saturated carbocycles. The molecule has 8 amide bonds. The van der Waals surface area contributed by atoms with E-state index in [1.54, 1.807) is 34.6 Å². The number of amidine groups is 1. The van der Waals surface area contributed by atoms with Crippen molar-refractivity contribution in [2.75, 3.05) is 26.2 Å². The molecule has 23 heteroatoms. The zero-order valence-electron chi connectivity index (χ0n) is 45.3. The van der Waals surface area contributed by atoms with Crippen molar-refractivity contribution in [2.45, 2.75) is 181 Å². The number of hydrogen-bond acceptors (Lipinski definition) is 13. The highest BCUT2D eigenvalue weighted by Gasteiger charge is 2.45. The minimum atomic E-state index is -1.58. The summed E-state index contributed by atoms with van der Waals surface area (Å²) in [4.78, 5) is 127. The van der Waals surface area contributed by atoms with Crippen molar-refractivity contribution in [3.8, 4) is 0 Å². The average molecular weight is 1060 g/mol. The number of hydrogen-bond donors (Lipinski definition) is 12. The molecule has 2 aliphatic heterocycles. The van der Waals surface area contributed by atoms with Gasteiger partial charge in [-0.25, -0.2) is 4.79 Å². The quantitative estimate of drug-likeness (QED) is 0.0266. The van der Waals surface area contributed by atoms with Crippen LogP contribution in [-0.4, -0.2) is 166 Å². The highest BCUT2D eigenvalue weighted by Crippen LogP contribution is 2.26. The number of nitrogens with one attached hydrogen (secondary N) is 8. The number of rotatable bonds is 30. The fourth-order valence-corrected chi connectivity index (χ4v) is 9.24. The number of carbonyl (C=O) groups is 9. The van der Waals surface area contributed by atoms with Crippen molar-refractivity contribution in [3.63, 3.8) is 0 Å². The second-order valence-electron chi connectivity index (χ2n) is 21.3. The van der Waals surface area contributed by atoms with Crippen LogP contribution in [0, 0.1) is 29.1 Å². The fourth-order valence-electron chi connectivity index (χ4n) is 9.24. The maximum absolute atomic E-state index is 14.4. The van der Waals surface area contributed by atoms with Crippen LogP contribution in [0.3, 0.4) is 0 Å². The summed E-state index contributed by atoms with van der Waals surface area (Å²) < 4.78 is 0. The number of nitrogens with two attached hydrogens (primary N) is 2. The van der Waals surface area contributed by atoms with E-state index in [2.05, 4.69) is 37.2 Å². The minimum Gasteiger partial charge on any atom is -0.480 e. The van der Waals surface area contributed by atoms with Crippen LogP contribution in [0.15, 0.2) is 30.3 Å². The minimum absolute atomic E-state index is 0.0259. The van der Waals surface area contributed by atoms with Crippen molar-refractivity contribution in [2.24, 2.45) is 35.1 Å². The lowest BCUT2D eigenvalue weighted by Gasteiger charge is -2.34. The molecular formula is C52H86N12O11. The topological polar surface area (TPSA) is 361 Å². The number of aliphatic hydroxyl groups excluding tert-OH is 1.